The van der Waals surface area contributed by atoms with Crippen molar-refractivity contribution in [3.05, 3.63) is 65.7 Å². The second-order valence-electron chi connectivity index (χ2n) is 7.79. The molecule has 7 heteroatoms. The van der Waals surface area contributed by atoms with E-state index in [1.54, 1.807) is 12.1 Å². The normalized spacial score (nSPS) is 11.7. The third kappa shape index (κ3) is 6.85. The first-order valence-corrected chi connectivity index (χ1v) is 11.8. The van der Waals surface area contributed by atoms with Crippen LogP contribution in [0.2, 0.25) is 0 Å². The van der Waals surface area contributed by atoms with Gasteiger partial charge in [0, 0.05) is 33.2 Å². The Kier molecular flexibility index (Phi) is 8.87. The van der Waals surface area contributed by atoms with Gasteiger partial charge in [-0.25, -0.2) is 17.5 Å². The summed E-state index contributed by atoms with van der Waals surface area (Å²) < 4.78 is 25.5. The number of aryl methyl sites for hydroxylation is 1. The fourth-order valence-corrected chi connectivity index (χ4v) is 4.02. The number of hydrogen-bond donors (Lipinski definition) is 1. The number of urea groups is 1. The summed E-state index contributed by atoms with van der Waals surface area (Å²) in [5, 5.41) is 3.01. The molecule has 0 radical (unpaired) electrons. The van der Waals surface area contributed by atoms with Crippen LogP contribution in [0.25, 0.3) is 0 Å². The minimum Gasteiger partial charge on any atom is -0.338 e. The van der Waals surface area contributed by atoms with Crippen LogP contribution in [-0.4, -0.2) is 56.9 Å². The van der Waals surface area contributed by atoms with Crippen LogP contribution in [0.4, 0.5) is 4.79 Å². The van der Waals surface area contributed by atoms with Gasteiger partial charge < -0.3 is 10.2 Å². The summed E-state index contributed by atoms with van der Waals surface area (Å²) in [6.07, 6.45) is 2.49. The van der Waals surface area contributed by atoms with Gasteiger partial charge in [-0.2, -0.15) is 0 Å². The molecule has 0 saturated carbocycles. The predicted octanol–water partition coefficient (Wildman–Crippen LogP) is 3.53. The third-order valence-electron chi connectivity index (χ3n) is 4.99. The van der Waals surface area contributed by atoms with E-state index >= 15 is 0 Å². The number of carbonyl (C=O) groups is 1. The van der Waals surface area contributed by atoms with Gasteiger partial charge in [0.1, 0.15) is 0 Å². The predicted molar refractivity (Wildman–Crippen MR) is 121 cm³/mol. The van der Waals surface area contributed by atoms with E-state index in [4.69, 9.17) is 0 Å². The van der Waals surface area contributed by atoms with E-state index in [0.29, 0.717) is 19.5 Å². The van der Waals surface area contributed by atoms with Crippen LogP contribution >= 0.6 is 0 Å². The van der Waals surface area contributed by atoms with Gasteiger partial charge in [-0.05, 0) is 56.4 Å². The summed E-state index contributed by atoms with van der Waals surface area (Å²) in [6, 6.07) is 17.1. The van der Waals surface area contributed by atoms with E-state index in [0.717, 1.165) is 18.4 Å². The maximum absolute atomic E-state index is 12.6. The number of benzene rings is 2. The number of hydrogen-bond acceptors (Lipinski definition) is 3. The minimum absolute atomic E-state index is 0.0649. The van der Waals surface area contributed by atoms with Crippen molar-refractivity contribution in [2.45, 2.75) is 44.0 Å². The first-order chi connectivity index (χ1) is 14.2. The molecular weight excluding hydrogens is 398 g/mol. The minimum atomic E-state index is -3.43. The fourth-order valence-electron chi connectivity index (χ4n) is 3.12. The zero-order chi connectivity index (χ0) is 22.1. The molecule has 0 aliphatic carbocycles. The molecule has 2 rings (SSSR count). The Bertz CT molecular complexity index is 895. The molecule has 0 aromatic heterocycles. The quantitative estimate of drug-likeness (QED) is 0.585. The second kappa shape index (κ2) is 11.1. The molecule has 0 bridgehead atoms. The van der Waals surface area contributed by atoms with Crippen LogP contribution in [-0.2, 0) is 22.9 Å². The van der Waals surface area contributed by atoms with Gasteiger partial charge in [0.2, 0.25) is 10.0 Å². The van der Waals surface area contributed by atoms with Crippen molar-refractivity contribution < 1.29 is 13.2 Å². The average molecular weight is 432 g/mol. The Labute approximate surface area is 180 Å². The molecule has 0 atom stereocenters. The zero-order valence-corrected chi connectivity index (χ0v) is 19.2. The van der Waals surface area contributed by atoms with Crippen LogP contribution in [0, 0.1) is 0 Å². The van der Waals surface area contributed by atoms with Crippen molar-refractivity contribution in [2.24, 2.45) is 0 Å². The van der Waals surface area contributed by atoms with Crippen LogP contribution < -0.4 is 5.32 Å². The van der Waals surface area contributed by atoms with Crippen molar-refractivity contribution in [2.75, 3.05) is 27.2 Å². The molecule has 0 aliphatic heterocycles. The molecule has 0 saturated heterocycles. The van der Waals surface area contributed by atoms with Gasteiger partial charge in [0.15, 0.2) is 0 Å². The van der Waals surface area contributed by atoms with Gasteiger partial charge in [0.25, 0.3) is 0 Å². The monoisotopic (exact) mass is 431 g/mol. The molecule has 0 unspecified atom stereocenters. The molecule has 30 heavy (non-hydrogen) atoms. The Morgan fingerprint density at radius 2 is 1.53 bits per heavy atom. The van der Waals surface area contributed by atoms with Gasteiger partial charge >= 0.3 is 6.03 Å². The fraction of sp³-hybridized carbons (Fsp3) is 0.435. The Morgan fingerprint density at radius 1 is 0.933 bits per heavy atom. The van der Waals surface area contributed by atoms with Crippen molar-refractivity contribution in [1.82, 2.24) is 14.5 Å². The Hall–Kier alpha value is -2.38. The van der Waals surface area contributed by atoms with Crippen molar-refractivity contribution in [1.29, 1.82) is 0 Å². The number of rotatable bonds is 10. The first kappa shape index (κ1) is 23.9. The molecule has 164 valence electrons. The van der Waals surface area contributed by atoms with Gasteiger partial charge in [-0.15, -0.1) is 0 Å². The maximum atomic E-state index is 12.6. The summed E-state index contributed by atoms with van der Waals surface area (Å²) in [4.78, 5) is 14.7. The first-order valence-electron chi connectivity index (χ1n) is 10.3. The molecule has 6 nitrogen and oxygen atoms in total. The van der Waals surface area contributed by atoms with E-state index in [1.807, 2.05) is 49.1 Å². The molecule has 0 spiro atoms. The highest BCUT2D eigenvalue weighted by atomic mass is 32.2. The smallest absolute Gasteiger partial charge is 0.317 e. The van der Waals surface area contributed by atoms with Crippen LogP contribution in [0.1, 0.15) is 31.4 Å². The lowest BCUT2D eigenvalue weighted by Crippen LogP contribution is -2.45. The van der Waals surface area contributed by atoms with E-state index in [2.05, 4.69) is 17.4 Å². The van der Waals surface area contributed by atoms with Crippen LogP contribution in [0.5, 0.6) is 0 Å². The third-order valence-corrected chi connectivity index (χ3v) is 6.82. The van der Waals surface area contributed by atoms with E-state index in [-0.39, 0.29) is 17.0 Å². The van der Waals surface area contributed by atoms with Gasteiger partial charge in [0.05, 0.1) is 4.90 Å². The highest BCUT2D eigenvalue weighted by Gasteiger charge is 2.18. The summed E-state index contributed by atoms with van der Waals surface area (Å²) in [6.45, 7) is 5.20. The molecule has 0 aliphatic rings. The SMILES string of the molecule is CC(C)N(CCc1ccc(S(=O)(=O)N(C)C)cc1)C(=O)NCCCc1ccccc1. The number of carbonyl (C=O) groups excluding carboxylic acids is 1. The summed E-state index contributed by atoms with van der Waals surface area (Å²) in [5.41, 5.74) is 2.27. The van der Waals surface area contributed by atoms with Gasteiger partial charge in [-0.1, -0.05) is 42.5 Å². The van der Waals surface area contributed by atoms with Crippen LogP contribution in [0.3, 0.4) is 0 Å². The molecule has 0 heterocycles. The van der Waals surface area contributed by atoms with Crippen molar-refractivity contribution in [3.63, 3.8) is 0 Å². The molecule has 1 N–H and O–H groups in total. The van der Waals surface area contributed by atoms with Crippen molar-refractivity contribution in [3.8, 4) is 0 Å². The molecule has 2 amide bonds. The highest BCUT2D eigenvalue weighted by Crippen LogP contribution is 2.15. The molecular formula is C23H33N3O3S. The van der Waals surface area contributed by atoms with E-state index in [1.165, 1.54) is 24.0 Å². The number of nitrogens with one attached hydrogen (secondary N) is 1. The Morgan fingerprint density at radius 3 is 2.10 bits per heavy atom. The van der Waals surface area contributed by atoms with Crippen LogP contribution in [0.15, 0.2) is 59.5 Å². The number of sulfonamides is 1. The van der Waals surface area contributed by atoms with Crippen molar-refractivity contribution >= 4 is 16.1 Å². The van der Waals surface area contributed by atoms with Gasteiger partial charge in [-0.3, -0.25) is 0 Å². The second-order valence-corrected chi connectivity index (χ2v) is 9.94. The lowest BCUT2D eigenvalue weighted by molar-refractivity contribution is 0.184. The summed E-state index contributed by atoms with van der Waals surface area (Å²) in [7, 11) is -0.394. The van der Waals surface area contributed by atoms with E-state index in [9.17, 15) is 13.2 Å². The average Bonchev–Trinajstić information content (AvgIpc) is 2.72. The molecule has 2 aromatic rings. The lowest BCUT2D eigenvalue weighted by atomic mass is 10.1. The maximum Gasteiger partial charge on any atom is 0.317 e. The zero-order valence-electron chi connectivity index (χ0n) is 18.3. The number of nitrogens with zero attached hydrogens (tertiary/aromatic N) is 2. The highest BCUT2D eigenvalue weighted by molar-refractivity contribution is 7.89. The Balaban J connectivity index is 1.85. The lowest BCUT2D eigenvalue weighted by Gasteiger charge is -2.27. The van der Waals surface area contributed by atoms with E-state index < -0.39 is 10.0 Å². The summed E-state index contributed by atoms with van der Waals surface area (Å²) >= 11 is 0. The number of amides is 2. The molecule has 0 fully saturated rings. The largest absolute Gasteiger partial charge is 0.338 e. The summed E-state index contributed by atoms with van der Waals surface area (Å²) in [5.74, 6) is 0. The molecule has 2 aromatic carbocycles. The standard InChI is InChI=1S/C23H33N3O3S/c1-19(2)26(23(27)24-17-8-11-20-9-6-5-7-10-20)18-16-21-12-14-22(15-13-21)30(28,29)25(3)4/h5-7,9-10,12-15,19H,8,11,16-18H2,1-4H3,(H,24,27). The topological polar surface area (TPSA) is 69.7 Å².